The van der Waals surface area contributed by atoms with E-state index in [1.165, 1.54) is 96.3 Å². The smallest absolute Gasteiger partial charge is 0.136 e. The maximum atomic E-state index is 13.7. The second kappa shape index (κ2) is 7.64. The molecule has 0 unspecified atom stereocenters. The van der Waals surface area contributed by atoms with Crippen LogP contribution in [0.4, 0.5) is 0 Å². The lowest BCUT2D eigenvalue weighted by molar-refractivity contribution is -0.117. The Morgan fingerprint density at radius 1 is 0.636 bits per heavy atom. The van der Waals surface area contributed by atoms with Gasteiger partial charge in [0.05, 0.1) is 0 Å². The molecule has 22 heavy (non-hydrogen) atoms. The maximum Gasteiger partial charge on any atom is 0.136 e. The van der Waals surface area contributed by atoms with E-state index in [-0.39, 0.29) is 0 Å². The minimum Gasteiger partial charge on any atom is -0.305 e. The van der Waals surface area contributed by atoms with Gasteiger partial charge in [0, 0.05) is 5.92 Å². The van der Waals surface area contributed by atoms with Crippen molar-refractivity contribution in [3.63, 3.8) is 0 Å². The van der Waals surface area contributed by atoms with Gasteiger partial charge in [-0.3, -0.25) is 0 Å². The predicted octanol–water partition coefficient (Wildman–Crippen LogP) is 6.42. The summed E-state index contributed by atoms with van der Waals surface area (Å²) in [6.07, 6.45) is 20.4. The van der Waals surface area contributed by atoms with Crippen LogP contribution in [0.5, 0.6) is 0 Å². The van der Waals surface area contributed by atoms with E-state index in [0.717, 1.165) is 16.5 Å². The number of rotatable bonds is 4. The molecule has 0 saturated heterocycles. The summed E-state index contributed by atoms with van der Waals surface area (Å²) in [4.78, 5) is 13.7. The first-order chi connectivity index (χ1) is 10.7. The molecule has 0 aliphatic heterocycles. The molecule has 3 saturated carbocycles. The highest BCUT2D eigenvalue weighted by Crippen LogP contribution is 2.50. The van der Waals surface area contributed by atoms with Crippen molar-refractivity contribution in [3.05, 3.63) is 0 Å². The summed E-state index contributed by atoms with van der Waals surface area (Å²) in [5, 5.41) is 0.839. The fraction of sp³-hybridized carbons (Fsp3) is 0.950. The van der Waals surface area contributed by atoms with Gasteiger partial charge in [-0.25, -0.2) is 0 Å². The lowest BCUT2D eigenvalue weighted by Gasteiger charge is -2.46. The van der Waals surface area contributed by atoms with Crippen molar-refractivity contribution in [3.8, 4) is 0 Å². The van der Waals surface area contributed by atoms with Gasteiger partial charge >= 0.3 is 0 Å². The Hall–Kier alpha value is -0.113. The molecule has 126 valence electrons. The van der Waals surface area contributed by atoms with Crippen LogP contribution in [-0.2, 0) is 4.79 Å². The van der Waals surface area contributed by atoms with Crippen LogP contribution >= 0.6 is 0 Å². The summed E-state index contributed by atoms with van der Waals surface area (Å²) >= 11 is 0. The Morgan fingerprint density at radius 3 is 1.41 bits per heavy atom. The first-order valence-corrected chi connectivity index (χ1v) is 12.9. The zero-order valence-corrected chi connectivity index (χ0v) is 15.7. The SMILES string of the molecule is C[Si](C(=O)C1CCCCC1)(C1CCCCC1)C1CCCCC1. The van der Waals surface area contributed by atoms with Crippen LogP contribution < -0.4 is 0 Å². The van der Waals surface area contributed by atoms with Crippen LogP contribution in [0.3, 0.4) is 0 Å². The van der Waals surface area contributed by atoms with E-state index >= 15 is 0 Å². The number of hydrogen-bond donors (Lipinski definition) is 0. The molecule has 3 rings (SSSR count). The first-order valence-electron chi connectivity index (χ1n) is 10.3. The molecule has 0 aromatic rings. The summed E-state index contributed by atoms with van der Waals surface area (Å²) in [5.74, 6) is 0.467. The van der Waals surface area contributed by atoms with Gasteiger partial charge in [0.2, 0.25) is 0 Å². The molecule has 3 aliphatic carbocycles. The van der Waals surface area contributed by atoms with E-state index in [2.05, 4.69) is 6.55 Å². The van der Waals surface area contributed by atoms with Crippen molar-refractivity contribution in [2.75, 3.05) is 0 Å². The third-order valence-electron chi connectivity index (χ3n) is 7.41. The average molecular weight is 321 g/mol. The van der Waals surface area contributed by atoms with Crippen LogP contribution in [0.1, 0.15) is 96.3 Å². The van der Waals surface area contributed by atoms with E-state index in [4.69, 9.17) is 0 Å². The van der Waals surface area contributed by atoms with Gasteiger partial charge in [0.1, 0.15) is 13.5 Å². The molecule has 0 heterocycles. The molecule has 1 nitrogen and oxygen atoms in total. The zero-order chi connectivity index (χ0) is 15.4. The van der Waals surface area contributed by atoms with Crippen LogP contribution in [0, 0.1) is 5.92 Å². The number of hydrogen-bond acceptors (Lipinski definition) is 1. The van der Waals surface area contributed by atoms with Crippen molar-refractivity contribution < 1.29 is 4.79 Å². The van der Waals surface area contributed by atoms with Gasteiger partial charge in [-0.2, -0.15) is 0 Å². The van der Waals surface area contributed by atoms with Crippen molar-refractivity contribution in [2.45, 2.75) is 114 Å². The summed E-state index contributed by atoms with van der Waals surface area (Å²) in [6, 6.07) is 0. The highest BCUT2D eigenvalue weighted by Gasteiger charge is 2.51. The Kier molecular flexibility index (Phi) is 5.81. The normalized spacial score (nSPS) is 27.0. The van der Waals surface area contributed by atoms with Crippen LogP contribution in [-0.4, -0.2) is 13.5 Å². The Morgan fingerprint density at radius 2 is 1.00 bits per heavy atom. The third-order valence-corrected chi connectivity index (χ3v) is 13.4. The van der Waals surface area contributed by atoms with Crippen molar-refractivity contribution in [1.82, 2.24) is 0 Å². The Balaban J connectivity index is 1.81. The van der Waals surface area contributed by atoms with Gasteiger partial charge < -0.3 is 4.79 Å². The largest absolute Gasteiger partial charge is 0.305 e. The molecule has 3 aliphatic rings. The van der Waals surface area contributed by atoms with Gasteiger partial charge in [0.15, 0.2) is 0 Å². The molecule has 0 radical (unpaired) electrons. The van der Waals surface area contributed by atoms with E-state index in [1.54, 1.807) is 0 Å². The maximum absolute atomic E-state index is 13.7. The monoisotopic (exact) mass is 320 g/mol. The summed E-state index contributed by atoms with van der Waals surface area (Å²) in [7, 11) is -1.78. The van der Waals surface area contributed by atoms with Crippen molar-refractivity contribution in [1.29, 1.82) is 0 Å². The quantitative estimate of drug-likeness (QED) is 0.546. The van der Waals surface area contributed by atoms with E-state index in [9.17, 15) is 4.79 Å². The van der Waals surface area contributed by atoms with Gasteiger partial charge in [0.25, 0.3) is 0 Å². The molecule has 0 atom stereocenters. The zero-order valence-electron chi connectivity index (χ0n) is 14.7. The predicted molar refractivity (Wildman–Crippen MR) is 96.9 cm³/mol. The van der Waals surface area contributed by atoms with Gasteiger partial charge in [-0.1, -0.05) is 90.0 Å². The molecule has 0 aromatic carbocycles. The molecule has 2 heteroatoms. The minimum absolute atomic E-state index is 0.467. The van der Waals surface area contributed by atoms with Crippen molar-refractivity contribution >= 4 is 13.5 Å². The Labute approximate surface area is 138 Å². The highest BCUT2D eigenvalue weighted by molar-refractivity contribution is 7.07. The molecule has 0 N–H and O–H groups in total. The second-order valence-electron chi connectivity index (χ2n) is 8.65. The van der Waals surface area contributed by atoms with Crippen molar-refractivity contribution in [2.24, 2.45) is 5.92 Å². The fourth-order valence-corrected chi connectivity index (χ4v) is 11.8. The molecular weight excluding hydrogens is 284 g/mol. The van der Waals surface area contributed by atoms with E-state index in [1.807, 2.05) is 0 Å². The lowest BCUT2D eigenvalue weighted by atomic mass is 9.90. The number of carbonyl (C=O) groups is 1. The Bertz CT molecular complexity index is 342. The van der Waals surface area contributed by atoms with Crippen LogP contribution in [0.25, 0.3) is 0 Å². The molecule has 0 bridgehead atoms. The van der Waals surface area contributed by atoms with E-state index < -0.39 is 8.07 Å². The fourth-order valence-electron chi connectivity index (χ4n) is 5.94. The van der Waals surface area contributed by atoms with Crippen LogP contribution in [0.15, 0.2) is 0 Å². The molecule has 0 aromatic heterocycles. The van der Waals surface area contributed by atoms with Crippen LogP contribution in [0.2, 0.25) is 17.6 Å². The molecular formula is C20H36OSi. The summed E-state index contributed by atoms with van der Waals surface area (Å²) in [5.41, 5.74) is 1.66. The van der Waals surface area contributed by atoms with Gasteiger partial charge in [-0.05, 0) is 23.9 Å². The summed E-state index contributed by atoms with van der Waals surface area (Å²) < 4.78 is 0. The number of carbonyl (C=O) groups excluding carboxylic acids is 1. The topological polar surface area (TPSA) is 17.1 Å². The lowest BCUT2D eigenvalue weighted by Crippen LogP contribution is -2.54. The first kappa shape index (κ1) is 16.7. The minimum atomic E-state index is -1.78. The van der Waals surface area contributed by atoms with E-state index in [0.29, 0.717) is 5.92 Å². The third kappa shape index (κ3) is 3.37. The van der Waals surface area contributed by atoms with Gasteiger partial charge in [-0.15, -0.1) is 0 Å². The summed E-state index contributed by atoms with van der Waals surface area (Å²) in [6.45, 7) is 2.55. The molecule has 0 amide bonds. The molecule has 0 spiro atoms. The highest BCUT2D eigenvalue weighted by atomic mass is 28.3. The molecule has 3 fully saturated rings. The second-order valence-corrected chi connectivity index (χ2v) is 13.3. The standard InChI is InChI=1S/C20H36OSi/c1-22(18-13-7-3-8-14-18,19-15-9-4-10-16-19)20(21)17-11-5-2-6-12-17/h17-19H,2-16H2,1H3. The average Bonchev–Trinajstić information content (AvgIpc) is 2.62.